The molecular weight excluding hydrogens is 222 g/mol. The van der Waals surface area contributed by atoms with E-state index in [9.17, 15) is 4.79 Å². The highest BCUT2D eigenvalue weighted by atomic mass is 32.2. The third-order valence-electron chi connectivity index (χ3n) is 2.99. The van der Waals surface area contributed by atoms with Crippen LogP contribution in [0.1, 0.15) is 21.9 Å². The van der Waals surface area contributed by atoms with Crippen molar-refractivity contribution in [2.45, 2.75) is 19.1 Å². The molecule has 1 N–H and O–H groups in total. The molecule has 1 aliphatic rings. The maximum Gasteiger partial charge on any atom is 0.242 e. The minimum atomic E-state index is -0.108. The van der Waals surface area contributed by atoms with Crippen LogP contribution in [0.3, 0.4) is 0 Å². The molecule has 0 aromatic heterocycles. The summed E-state index contributed by atoms with van der Waals surface area (Å²) in [6.45, 7) is 3.99. The summed E-state index contributed by atoms with van der Waals surface area (Å²) < 4.78 is 5.33. The van der Waals surface area contributed by atoms with Crippen LogP contribution in [-0.2, 0) is 4.79 Å². The molecule has 4 heteroatoms. The number of methoxy groups -OCH3 is 1. The molecule has 2 rings (SSSR count). The Balaban J connectivity index is 2.66. The van der Waals surface area contributed by atoms with Gasteiger partial charge in [-0.1, -0.05) is 0 Å². The van der Waals surface area contributed by atoms with Gasteiger partial charge >= 0.3 is 0 Å². The van der Waals surface area contributed by atoms with Crippen molar-refractivity contribution in [3.05, 3.63) is 22.8 Å². The van der Waals surface area contributed by atoms with Crippen LogP contribution in [0.25, 0.3) is 0 Å². The lowest BCUT2D eigenvalue weighted by molar-refractivity contribution is -0.115. The molecule has 0 bridgehead atoms. The van der Waals surface area contributed by atoms with Crippen molar-refractivity contribution >= 4 is 23.4 Å². The molecule has 0 spiro atoms. The predicted molar refractivity (Wildman–Crippen MR) is 67.4 cm³/mol. The van der Waals surface area contributed by atoms with Crippen molar-refractivity contribution in [2.24, 2.45) is 0 Å². The first kappa shape index (κ1) is 11.3. The highest BCUT2D eigenvalue weighted by Crippen LogP contribution is 2.45. The van der Waals surface area contributed by atoms with E-state index in [1.54, 1.807) is 18.9 Å². The van der Waals surface area contributed by atoms with Crippen molar-refractivity contribution in [3.63, 3.8) is 0 Å². The Hall–Kier alpha value is -1.16. The number of anilines is 1. The standard InChI is InChI=1S/C12H15NO2S/c1-6-5-8(15-3)7(2)9-10(6)13-12(14)11(9)16-4/h5,11H,1-4H3,(H,13,14). The quantitative estimate of drug-likeness (QED) is 0.859. The topological polar surface area (TPSA) is 38.3 Å². The summed E-state index contributed by atoms with van der Waals surface area (Å²) in [5, 5.41) is 2.84. The fraction of sp³-hybridized carbons (Fsp3) is 0.417. The van der Waals surface area contributed by atoms with Crippen LogP contribution in [0.2, 0.25) is 0 Å². The van der Waals surface area contributed by atoms with Crippen molar-refractivity contribution in [1.29, 1.82) is 0 Å². The molecule has 1 aliphatic heterocycles. The fourth-order valence-electron chi connectivity index (χ4n) is 2.16. The second-order valence-electron chi connectivity index (χ2n) is 3.91. The van der Waals surface area contributed by atoms with Crippen molar-refractivity contribution < 1.29 is 9.53 Å². The van der Waals surface area contributed by atoms with E-state index in [0.29, 0.717) is 0 Å². The Kier molecular flexibility index (Phi) is 2.84. The second-order valence-corrected chi connectivity index (χ2v) is 4.86. The number of hydrogen-bond donors (Lipinski definition) is 1. The number of nitrogens with one attached hydrogen (secondary N) is 1. The largest absolute Gasteiger partial charge is 0.496 e. The van der Waals surface area contributed by atoms with Gasteiger partial charge in [0.2, 0.25) is 5.91 Å². The van der Waals surface area contributed by atoms with Crippen LogP contribution in [0, 0.1) is 13.8 Å². The molecule has 1 heterocycles. The summed E-state index contributed by atoms with van der Waals surface area (Å²) in [6.07, 6.45) is 1.95. The number of ether oxygens (including phenoxy) is 1. The summed E-state index contributed by atoms with van der Waals surface area (Å²) >= 11 is 1.56. The van der Waals surface area contributed by atoms with Gasteiger partial charge in [-0.15, -0.1) is 11.8 Å². The van der Waals surface area contributed by atoms with Gasteiger partial charge in [0.25, 0.3) is 0 Å². The average Bonchev–Trinajstić information content (AvgIpc) is 2.61. The number of thioether (sulfide) groups is 1. The van der Waals surface area contributed by atoms with E-state index in [2.05, 4.69) is 5.32 Å². The van der Waals surface area contributed by atoms with E-state index in [0.717, 1.165) is 28.1 Å². The normalized spacial score (nSPS) is 18.2. The molecule has 16 heavy (non-hydrogen) atoms. The Labute approximate surface area is 99.6 Å². The number of fused-ring (bicyclic) bond motifs is 1. The SMILES string of the molecule is COc1cc(C)c2c(c1C)C(SC)C(=O)N2. The van der Waals surface area contributed by atoms with Gasteiger partial charge in [-0.2, -0.15) is 0 Å². The van der Waals surface area contributed by atoms with E-state index in [-0.39, 0.29) is 11.2 Å². The van der Waals surface area contributed by atoms with Crippen molar-refractivity contribution in [1.82, 2.24) is 0 Å². The average molecular weight is 237 g/mol. The lowest BCUT2D eigenvalue weighted by Gasteiger charge is -2.14. The van der Waals surface area contributed by atoms with Gasteiger partial charge in [0.1, 0.15) is 11.0 Å². The number of hydrogen-bond acceptors (Lipinski definition) is 3. The Morgan fingerprint density at radius 1 is 1.44 bits per heavy atom. The molecular formula is C12H15NO2S. The Morgan fingerprint density at radius 3 is 2.69 bits per heavy atom. The molecule has 1 aromatic carbocycles. The zero-order valence-corrected chi connectivity index (χ0v) is 10.7. The van der Waals surface area contributed by atoms with E-state index < -0.39 is 0 Å². The zero-order chi connectivity index (χ0) is 11.9. The molecule has 1 aromatic rings. The smallest absolute Gasteiger partial charge is 0.242 e. The first-order chi connectivity index (χ1) is 7.60. The van der Waals surface area contributed by atoms with Gasteiger partial charge in [0, 0.05) is 11.3 Å². The molecule has 0 saturated heterocycles. The van der Waals surface area contributed by atoms with Gasteiger partial charge < -0.3 is 10.1 Å². The second kappa shape index (κ2) is 4.01. The van der Waals surface area contributed by atoms with Crippen LogP contribution in [0.4, 0.5) is 5.69 Å². The van der Waals surface area contributed by atoms with Gasteiger partial charge in [-0.05, 0) is 37.3 Å². The van der Waals surface area contributed by atoms with Crippen molar-refractivity contribution in [3.8, 4) is 5.75 Å². The number of rotatable bonds is 2. The molecule has 3 nitrogen and oxygen atoms in total. The molecule has 0 radical (unpaired) electrons. The van der Waals surface area contributed by atoms with Crippen LogP contribution in [0.5, 0.6) is 5.75 Å². The highest BCUT2D eigenvalue weighted by Gasteiger charge is 2.33. The molecule has 86 valence electrons. The van der Waals surface area contributed by atoms with Crippen LogP contribution in [-0.4, -0.2) is 19.3 Å². The lowest BCUT2D eigenvalue weighted by Crippen LogP contribution is -2.08. The number of aryl methyl sites for hydroxylation is 1. The van der Waals surface area contributed by atoms with Gasteiger partial charge in [0.05, 0.1) is 7.11 Å². The number of benzene rings is 1. The van der Waals surface area contributed by atoms with E-state index in [1.165, 1.54) is 0 Å². The third-order valence-corrected chi connectivity index (χ3v) is 3.91. The third kappa shape index (κ3) is 1.48. The maximum atomic E-state index is 11.8. The molecule has 0 saturated carbocycles. The first-order valence-electron chi connectivity index (χ1n) is 5.12. The molecule has 0 fully saturated rings. The molecule has 1 amide bonds. The van der Waals surface area contributed by atoms with E-state index in [4.69, 9.17) is 4.74 Å². The first-order valence-corrected chi connectivity index (χ1v) is 6.40. The van der Waals surface area contributed by atoms with Gasteiger partial charge in [0.15, 0.2) is 0 Å². The summed E-state index contributed by atoms with van der Waals surface area (Å²) in [6, 6.07) is 1.97. The minimum Gasteiger partial charge on any atom is -0.496 e. The molecule has 1 unspecified atom stereocenters. The maximum absolute atomic E-state index is 11.8. The molecule has 1 atom stereocenters. The van der Waals surface area contributed by atoms with Crippen molar-refractivity contribution in [2.75, 3.05) is 18.7 Å². The van der Waals surface area contributed by atoms with Crippen LogP contribution < -0.4 is 10.1 Å². The monoisotopic (exact) mass is 237 g/mol. The van der Waals surface area contributed by atoms with E-state index >= 15 is 0 Å². The molecule has 0 aliphatic carbocycles. The van der Waals surface area contributed by atoms with E-state index in [1.807, 2.05) is 26.2 Å². The minimum absolute atomic E-state index is 0.0713. The summed E-state index contributed by atoms with van der Waals surface area (Å²) in [4.78, 5) is 11.8. The van der Waals surface area contributed by atoms with Crippen LogP contribution >= 0.6 is 11.8 Å². The van der Waals surface area contributed by atoms with Crippen LogP contribution in [0.15, 0.2) is 6.07 Å². The Bertz CT molecular complexity index is 457. The number of amides is 1. The predicted octanol–water partition coefficient (Wildman–Crippen LogP) is 2.67. The Morgan fingerprint density at radius 2 is 2.12 bits per heavy atom. The van der Waals surface area contributed by atoms with Gasteiger partial charge in [-0.25, -0.2) is 0 Å². The summed E-state index contributed by atoms with van der Waals surface area (Å²) in [5.41, 5.74) is 4.15. The summed E-state index contributed by atoms with van der Waals surface area (Å²) in [5.74, 6) is 0.925. The fourth-order valence-corrected chi connectivity index (χ4v) is 2.96. The summed E-state index contributed by atoms with van der Waals surface area (Å²) in [7, 11) is 1.66. The zero-order valence-electron chi connectivity index (χ0n) is 9.88. The number of carbonyl (C=O) groups excluding carboxylic acids is 1. The lowest BCUT2D eigenvalue weighted by atomic mass is 10.0. The highest BCUT2D eigenvalue weighted by molar-refractivity contribution is 7.99. The number of carbonyl (C=O) groups is 1. The van der Waals surface area contributed by atoms with Gasteiger partial charge in [-0.3, -0.25) is 4.79 Å².